The van der Waals surface area contributed by atoms with Crippen LogP contribution in [0, 0.1) is 20.8 Å². The molecule has 0 spiro atoms. The molecule has 1 aliphatic rings. The number of aryl methyl sites for hydroxylation is 2. The van der Waals surface area contributed by atoms with Crippen LogP contribution in [0.25, 0.3) is 5.69 Å². The van der Waals surface area contributed by atoms with Gasteiger partial charge in [-0.25, -0.2) is 14.6 Å². The molecule has 8 nitrogen and oxygen atoms in total. The maximum Gasteiger partial charge on any atom is 0.259 e. The lowest BCUT2D eigenvalue weighted by atomic mass is 10.1. The van der Waals surface area contributed by atoms with E-state index >= 15 is 0 Å². The highest BCUT2D eigenvalue weighted by Gasteiger charge is 2.21. The van der Waals surface area contributed by atoms with Crippen molar-refractivity contribution >= 4 is 17.5 Å². The van der Waals surface area contributed by atoms with E-state index in [1.54, 1.807) is 12.4 Å². The van der Waals surface area contributed by atoms with Gasteiger partial charge in [0, 0.05) is 26.2 Å². The van der Waals surface area contributed by atoms with Crippen LogP contribution in [0.15, 0.2) is 36.7 Å². The number of hydrogen-bond donors (Lipinski definition) is 2. The maximum atomic E-state index is 12.9. The molecule has 1 fully saturated rings. The molecular weight excluding hydrogens is 366 g/mol. The van der Waals surface area contributed by atoms with Gasteiger partial charge in [-0.05, 0) is 32.4 Å². The van der Waals surface area contributed by atoms with E-state index < -0.39 is 0 Å². The molecule has 150 valence electrons. The zero-order valence-corrected chi connectivity index (χ0v) is 16.9. The van der Waals surface area contributed by atoms with Crippen LogP contribution in [-0.4, -0.2) is 51.8 Å². The minimum Gasteiger partial charge on any atom is -0.338 e. The monoisotopic (exact) mass is 391 g/mol. The van der Waals surface area contributed by atoms with Gasteiger partial charge in [-0.1, -0.05) is 18.2 Å². The minimum atomic E-state index is -0.210. The number of aromatic nitrogens is 4. The smallest absolute Gasteiger partial charge is 0.259 e. The van der Waals surface area contributed by atoms with Gasteiger partial charge in [0.1, 0.15) is 0 Å². The van der Waals surface area contributed by atoms with Crippen molar-refractivity contribution in [1.29, 1.82) is 0 Å². The highest BCUT2D eigenvalue weighted by Crippen LogP contribution is 2.21. The summed E-state index contributed by atoms with van der Waals surface area (Å²) in [6, 6.07) is 7.99. The van der Waals surface area contributed by atoms with Crippen LogP contribution >= 0.6 is 0 Å². The van der Waals surface area contributed by atoms with E-state index in [9.17, 15) is 4.79 Å². The molecule has 0 atom stereocenters. The van der Waals surface area contributed by atoms with Crippen molar-refractivity contribution in [3.05, 3.63) is 59.2 Å². The second kappa shape index (κ2) is 8.00. The van der Waals surface area contributed by atoms with Crippen molar-refractivity contribution in [3.63, 3.8) is 0 Å². The first kappa shape index (κ1) is 19.1. The number of carbonyl (C=O) groups is 1. The van der Waals surface area contributed by atoms with Gasteiger partial charge in [0.05, 0.1) is 40.7 Å². The second-order valence-corrected chi connectivity index (χ2v) is 7.21. The SMILES string of the molecule is Cc1ccccc1-n1nc(C)c(C(=O)Nc2cnc(N3CCNCC3)nc2)c1C. The van der Waals surface area contributed by atoms with Gasteiger partial charge in [-0.15, -0.1) is 0 Å². The molecule has 0 saturated carbocycles. The number of carbonyl (C=O) groups excluding carboxylic acids is 1. The van der Waals surface area contributed by atoms with Crippen molar-refractivity contribution in [2.75, 3.05) is 36.4 Å². The highest BCUT2D eigenvalue weighted by atomic mass is 16.1. The lowest BCUT2D eigenvalue weighted by Gasteiger charge is -2.27. The molecule has 3 aromatic rings. The number of nitrogens with zero attached hydrogens (tertiary/aromatic N) is 5. The third-order valence-electron chi connectivity index (χ3n) is 5.16. The second-order valence-electron chi connectivity index (χ2n) is 7.21. The molecule has 1 saturated heterocycles. The molecule has 8 heteroatoms. The molecule has 1 aliphatic heterocycles. The number of rotatable bonds is 4. The first-order valence-corrected chi connectivity index (χ1v) is 9.76. The lowest BCUT2D eigenvalue weighted by molar-refractivity contribution is 0.102. The Bertz CT molecular complexity index is 1020. The number of para-hydroxylation sites is 1. The van der Waals surface area contributed by atoms with E-state index in [0.717, 1.165) is 43.1 Å². The number of benzene rings is 1. The van der Waals surface area contributed by atoms with E-state index in [0.29, 0.717) is 22.9 Å². The van der Waals surface area contributed by atoms with Gasteiger partial charge in [-0.2, -0.15) is 5.10 Å². The Labute approximate surface area is 170 Å². The molecule has 1 aromatic carbocycles. The zero-order valence-electron chi connectivity index (χ0n) is 16.9. The predicted octanol–water partition coefficient (Wildman–Crippen LogP) is 2.25. The van der Waals surface area contributed by atoms with Crippen molar-refractivity contribution < 1.29 is 4.79 Å². The molecule has 0 unspecified atom stereocenters. The van der Waals surface area contributed by atoms with Gasteiger partial charge in [0.2, 0.25) is 5.95 Å². The average molecular weight is 391 g/mol. The van der Waals surface area contributed by atoms with Crippen LogP contribution < -0.4 is 15.5 Å². The molecule has 1 amide bonds. The summed E-state index contributed by atoms with van der Waals surface area (Å²) in [7, 11) is 0. The molecule has 2 N–H and O–H groups in total. The van der Waals surface area contributed by atoms with Crippen molar-refractivity contribution in [2.45, 2.75) is 20.8 Å². The van der Waals surface area contributed by atoms with Crippen molar-refractivity contribution in [3.8, 4) is 5.69 Å². The first-order chi connectivity index (χ1) is 14.0. The Morgan fingerprint density at radius 2 is 1.76 bits per heavy atom. The zero-order chi connectivity index (χ0) is 20.4. The van der Waals surface area contributed by atoms with Crippen molar-refractivity contribution in [2.24, 2.45) is 0 Å². The molecule has 0 aliphatic carbocycles. The number of anilines is 2. The van der Waals surface area contributed by atoms with Gasteiger partial charge in [0.25, 0.3) is 5.91 Å². The van der Waals surface area contributed by atoms with E-state index in [-0.39, 0.29) is 5.91 Å². The minimum absolute atomic E-state index is 0.210. The normalized spacial score (nSPS) is 14.1. The van der Waals surface area contributed by atoms with Gasteiger partial charge in [-0.3, -0.25) is 4.79 Å². The molecular formula is C21H25N7O. The van der Waals surface area contributed by atoms with Crippen LogP contribution in [0.5, 0.6) is 0 Å². The summed E-state index contributed by atoms with van der Waals surface area (Å²) in [5.74, 6) is 0.475. The summed E-state index contributed by atoms with van der Waals surface area (Å²) in [6.07, 6.45) is 3.30. The Morgan fingerprint density at radius 3 is 2.45 bits per heavy atom. The van der Waals surface area contributed by atoms with E-state index in [2.05, 4.69) is 30.6 Å². The summed E-state index contributed by atoms with van der Waals surface area (Å²) < 4.78 is 1.82. The molecule has 0 bridgehead atoms. The van der Waals surface area contributed by atoms with E-state index in [1.807, 2.05) is 49.7 Å². The van der Waals surface area contributed by atoms with Gasteiger partial charge >= 0.3 is 0 Å². The molecule has 3 heterocycles. The van der Waals surface area contributed by atoms with Crippen LogP contribution in [0.3, 0.4) is 0 Å². The molecule has 2 aromatic heterocycles. The Balaban J connectivity index is 1.54. The summed E-state index contributed by atoms with van der Waals surface area (Å²) in [5, 5.41) is 10.8. The molecule has 0 radical (unpaired) electrons. The topological polar surface area (TPSA) is 88.0 Å². The quantitative estimate of drug-likeness (QED) is 0.709. The number of hydrogen-bond acceptors (Lipinski definition) is 6. The predicted molar refractivity (Wildman–Crippen MR) is 113 cm³/mol. The summed E-state index contributed by atoms with van der Waals surface area (Å²) >= 11 is 0. The van der Waals surface area contributed by atoms with Crippen LogP contribution in [0.4, 0.5) is 11.6 Å². The summed E-state index contributed by atoms with van der Waals surface area (Å²) in [5.41, 5.74) is 4.68. The maximum absolute atomic E-state index is 12.9. The summed E-state index contributed by atoms with van der Waals surface area (Å²) in [4.78, 5) is 23.9. The van der Waals surface area contributed by atoms with E-state index in [1.165, 1.54) is 0 Å². The average Bonchev–Trinajstić information content (AvgIpc) is 3.03. The summed E-state index contributed by atoms with van der Waals surface area (Å²) in [6.45, 7) is 9.38. The fourth-order valence-electron chi connectivity index (χ4n) is 3.61. The van der Waals surface area contributed by atoms with Gasteiger partial charge < -0.3 is 15.5 Å². The Morgan fingerprint density at radius 1 is 1.07 bits per heavy atom. The largest absolute Gasteiger partial charge is 0.338 e. The van der Waals surface area contributed by atoms with Crippen LogP contribution in [0.1, 0.15) is 27.3 Å². The van der Waals surface area contributed by atoms with Gasteiger partial charge in [0.15, 0.2) is 0 Å². The lowest BCUT2D eigenvalue weighted by Crippen LogP contribution is -2.44. The van der Waals surface area contributed by atoms with E-state index in [4.69, 9.17) is 0 Å². The molecule has 4 rings (SSSR count). The number of nitrogens with one attached hydrogen (secondary N) is 2. The van der Waals surface area contributed by atoms with Crippen LogP contribution in [0.2, 0.25) is 0 Å². The van der Waals surface area contributed by atoms with Crippen LogP contribution in [-0.2, 0) is 0 Å². The molecule has 29 heavy (non-hydrogen) atoms. The van der Waals surface area contributed by atoms with Crippen molar-refractivity contribution in [1.82, 2.24) is 25.1 Å². The first-order valence-electron chi connectivity index (χ1n) is 9.76. The standard InChI is InChI=1S/C21H25N7O/c1-14-6-4-5-7-18(14)28-16(3)19(15(2)26-28)20(29)25-17-12-23-21(24-13-17)27-10-8-22-9-11-27/h4-7,12-13,22H,8-11H2,1-3H3,(H,25,29). The fourth-order valence-corrected chi connectivity index (χ4v) is 3.61. The third-order valence-corrected chi connectivity index (χ3v) is 5.16. The number of piperazine rings is 1. The Kier molecular flexibility index (Phi) is 5.26. The third kappa shape index (κ3) is 3.84. The number of amides is 1. The Hall–Kier alpha value is -3.26. The highest BCUT2D eigenvalue weighted by molar-refractivity contribution is 6.05. The fraction of sp³-hybridized carbons (Fsp3) is 0.333.